The molecule has 1 aromatic carbocycles. The second kappa shape index (κ2) is 9.66. The van der Waals surface area contributed by atoms with Crippen molar-refractivity contribution in [1.29, 1.82) is 0 Å². The predicted octanol–water partition coefficient (Wildman–Crippen LogP) is 3.04. The lowest BCUT2D eigenvalue weighted by Gasteiger charge is -2.30. The zero-order valence-corrected chi connectivity index (χ0v) is 16.4. The topological polar surface area (TPSA) is 48.9 Å². The van der Waals surface area contributed by atoms with Crippen molar-refractivity contribution in [2.24, 2.45) is 10.9 Å². The lowest BCUT2D eigenvalue weighted by molar-refractivity contribution is 0.244. The third kappa shape index (κ3) is 5.63. The Morgan fingerprint density at radius 3 is 2.56 bits per heavy atom. The van der Waals surface area contributed by atoms with Gasteiger partial charge in [0.05, 0.1) is 13.2 Å². The lowest BCUT2D eigenvalue weighted by Crippen LogP contribution is -2.46. The first-order valence-corrected chi connectivity index (χ1v) is 9.40. The summed E-state index contributed by atoms with van der Waals surface area (Å²) in [6.45, 7) is 9.76. The van der Waals surface area contributed by atoms with Gasteiger partial charge in [0.25, 0.3) is 0 Å². The van der Waals surface area contributed by atoms with Gasteiger partial charge in [-0.2, -0.15) is 0 Å². The van der Waals surface area contributed by atoms with Crippen molar-refractivity contribution in [3.05, 3.63) is 29.8 Å². The Bertz CT molecular complexity index is 552. The van der Waals surface area contributed by atoms with Crippen molar-refractivity contribution in [3.63, 3.8) is 0 Å². The van der Waals surface area contributed by atoms with Crippen LogP contribution in [0.4, 0.5) is 0 Å². The summed E-state index contributed by atoms with van der Waals surface area (Å²) in [5.74, 6) is 2.34. The van der Waals surface area contributed by atoms with Gasteiger partial charge in [-0.3, -0.25) is 9.89 Å². The van der Waals surface area contributed by atoms with Crippen molar-refractivity contribution in [1.82, 2.24) is 15.5 Å². The highest BCUT2D eigenvalue weighted by Crippen LogP contribution is 2.27. The number of nitrogens with one attached hydrogen (secondary N) is 2. The first kappa shape index (κ1) is 19.6. The van der Waals surface area contributed by atoms with E-state index in [-0.39, 0.29) is 0 Å². The maximum Gasteiger partial charge on any atom is 0.191 e. The Morgan fingerprint density at radius 2 is 1.96 bits per heavy atom. The molecule has 2 unspecified atom stereocenters. The molecule has 0 amide bonds. The van der Waals surface area contributed by atoms with Crippen molar-refractivity contribution in [2.75, 3.05) is 33.8 Å². The number of likely N-dealkylation sites (tertiary alicyclic amines) is 1. The smallest absolute Gasteiger partial charge is 0.191 e. The van der Waals surface area contributed by atoms with Crippen LogP contribution >= 0.6 is 0 Å². The highest BCUT2D eigenvalue weighted by Gasteiger charge is 2.24. The average Bonchev–Trinajstić information content (AvgIpc) is 3.15. The fourth-order valence-corrected chi connectivity index (χ4v) is 3.13. The van der Waals surface area contributed by atoms with E-state index in [4.69, 9.17) is 4.74 Å². The van der Waals surface area contributed by atoms with E-state index in [1.165, 1.54) is 18.4 Å². The minimum atomic E-state index is 0.325. The highest BCUT2D eigenvalue weighted by atomic mass is 16.5. The summed E-state index contributed by atoms with van der Waals surface area (Å²) in [5, 5.41) is 7.01. The summed E-state index contributed by atoms with van der Waals surface area (Å²) in [7, 11) is 3.56. The summed E-state index contributed by atoms with van der Waals surface area (Å²) in [5.41, 5.74) is 1.29. The van der Waals surface area contributed by atoms with E-state index in [0.717, 1.165) is 31.3 Å². The number of ether oxygens (including phenoxy) is 1. The molecule has 25 heavy (non-hydrogen) atoms. The van der Waals surface area contributed by atoms with Crippen LogP contribution in [0, 0.1) is 5.92 Å². The largest absolute Gasteiger partial charge is 0.497 e. The van der Waals surface area contributed by atoms with Crippen LogP contribution in [0.15, 0.2) is 29.3 Å². The van der Waals surface area contributed by atoms with Gasteiger partial charge < -0.3 is 15.4 Å². The first-order chi connectivity index (χ1) is 12.0. The first-order valence-electron chi connectivity index (χ1n) is 9.40. The molecule has 0 radical (unpaired) electrons. The van der Waals surface area contributed by atoms with Crippen LogP contribution in [0.3, 0.4) is 0 Å². The van der Waals surface area contributed by atoms with Crippen LogP contribution in [-0.4, -0.2) is 50.7 Å². The van der Waals surface area contributed by atoms with Crippen molar-refractivity contribution >= 4 is 5.96 Å². The van der Waals surface area contributed by atoms with Crippen LogP contribution in [0.25, 0.3) is 0 Å². The van der Waals surface area contributed by atoms with Crippen LogP contribution in [-0.2, 0) is 0 Å². The van der Waals surface area contributed by atoms with E-state index < -0.39 is 0 Å². The fraction of sp³-hybridized carbons (Fsp3) is 0.650. The van der Waals surface area contributed by atoms with Gasteiger partial charge in [0, 0.05) is 19.6 Å². The Balaban J connectivity index is 2.08. The third-order valence-corrected chi connectivity index (χ3v) is 5.11. The number of methoxy groups -OCH3 is 1. The quantitative estimate of drug-likeness (QED) is 0.588. The molecular formula is C20H34N4O. The Hall–Kier alpha value is -1.75. The molecule has 1 heterocycles. The molecule has 2 atom stereocenters. The molecule has 5 heteroatoms. The van der Waals surface area contributed by atoms with Gasteiger partial charge in [-0.1, -0.05) is 26.0 Å². The molecule has 1 aliphatic heterocycles. The minimum Gasteiger partial charge on any atom is -0.497 e. The number of nitrogens with zero attached hydrogens (tertiary/aromatic N) is 2. The van der Waals surface area contributed by atoms with E-state index in [0.29, 0.717) is 18.0 Å². The molecule has 0 aromatic heterocycles. The monoisotopic (exact) mass is 346 g/mol. The summed E-state index contributed by atoms with van der Waals surface area (Å²) in [4.78, 5) is 6.94. The second-order valence-corrected chi connectivity index (χ2v) is 7.17. The van der Waals surface area contributed by atoms with E-state index in [2.05, 4.69) is 59.5 Å². The average molecular weight is 347 g/mol. The molecule has 1 saturated heterocycles. The molecule has 0 aliphatic carbocycles. The standard InChI is InChI=1S/C20H34N4O/c1-15(2)16(3)23-20(21-4)22-14-19(24-11-6-7-12-24)17-9-8-10-18(13-17)25-5/h8-10,13,15-16,19H,6-7,11-12,14H2,1-5H3,(H2,21,22,23). The molecule has 2 N–H and O–H groups in total. The molecule has 2 rings (SSSR count). The Morgan fingerprint density at radius 1 is 1.24 bits per heavy atom. The summed E-state index contributed by atoms with van der Waals surface area (Å²) in [6.07, 6.45) is 2.55. The van der Waals surface area contributed by atoms with Gasteiger partial charge in [-0.15, -0.1) is 0 Å². The zero-order chi connectivity index (χ0) is 18.2. The lowest BCUT2D eigenvalue weighted by atomic mass is 10.0. The third-order valence-electron chi connectivity index (χ3n) is 5.11. The normalized spacial score (nSPS) is 18.2. The molecule has 1 aromatic rings. The van der Waals surface area contributed by atoms with Gasteiger partial charge >= 0.3 is 0 Å². The zero-order valence-electron chi connectivity index (χ0n) is 16.4. The van der Waals surface area contributed by atoms with E-state index in [1.807, 2.05) is 13.1 Å². The number of hydrogen-bond donors (Lipinski definition) is 2. The molecule has 140 valence electrons. The maximum atomic E-state index is 5.42. The second-order valence-electron chi connectivity index (χ2n) is 7.17. The molecule has 0 saturated carbocycles. The van der Waals surface area contributed by atoms with Gasteiger partial charge in [0.15, 0.2) is 5.96 Å². The van der Waals surface area contributed by atoms with Crippen molar-refractivity contribution < 1.29 is 4.74 Å². The van der Waals surface area contributed by atoms with Crippen LogP contribution in [0.5, 0.6) is 5.75 Å². The maximum absolute atomic E-state index is 5.42. The number of benzene rings is 1. The van der Waals surface area contributed by atoms with Crippen molar-refractivity contribution in [3.8, 4) is 5.75 Å². The van der Waals surface area contributed by atoms with Gasteiger partial charge in [0.1, 0.15) is 5.75 Å². The van der Waals surface area contributed by atoms with Gasteiger partial charge in [0.2, 0.25) is 0 Å². The van der Waals surface area contributed by atoms with Crippen LogP contribution in [0.2, 0.25) is 0 Å². The van der Waals surface area contributed by atoms with Crippen molar-refractivity contribution in [2.45, 2.75) is 45.7 Å². The molecule has 0 spiro atoms. The number of hydrogen-bond acceptors (Lipinski definition) is 3. The molecule has 0 bridgehead atoms. The molecular weight excluding hydrogens is 312 g/mol. The Labute approximate surface area is 152 Å². The number of rotatable bonds is 7. The van der Waals surface area contributed by atoms with Crippen LogP contribution in [0.1, 0.15) is 45.2 Å². The minimum absolute atomic E-state index is 0.325. The Kier molecular flexibility index (Phi) is 7.56. The summed E-state index contributed by atoms with van der Waals surface area (Å²) < 4.78 is 5.42. The molecule has 1 aliphatic rings. The van der Waals surface area contributed by atoms with E-state index in [9.17, 15) is 0 Å². The van der Waals surface area contributed by atoms with Gasteiger partial charge in [-0.25, -0.2) is 0 Å². The van der Waals surface area contributed by atoms with E-state index in [1.54, 1.807) is 7.11 Å². The summed E-state index contributed by atoms with van der Waals surface area (Å²) in [6, 6.07) is 9.13. The van der Waals surface area contributed by atoms with Crippen LogP contribution < -0.4 is 15.4 Å². The molecule has 1 fully saturated rings. The number of aliphatic imine (C=N–C) groups is 1. The summed E-state index contributed by atoms with van der Waals surface area (Å²) >= 11 is 0. The SMILES string of the molecule is CN=C(NCC(c1cccc(OC)c1)N1CCCC1)NC(C)C(C)C. The number of guanidine groups is 1. The fourth-order valence-electron chi connectivity index (χ4n) is 3.13. The van der Waals surface area contributed by atoms with Gasteiger partial charge in [-0.05, 0) is 56.5 Å². The molecule has 5 nitrogen and oxygen atoms in total. The predicted molar refractivity (Wildman–Crippen MR) is 105 cm³/mol. The van der Waals surface area contributed by atoms with E-state index >= 15 is 0 Å². The highest BCUT2D eigenvalue weighted by molar-refractivity contribution is 5.80.